The highest BCUT2D eigenvalue weighted by Crippen LogP contribution is 2.32. The van der Waals surface area contributed by atoms with Gasteiger partial charge in [0.1, 0.15) is 0 Å². The van der Waals surface area contributed by atoms with Crippen molar-refractivity contribution in [2.24, 2.45) is 5.92 Å². The number of para-hydroxylation sites is 1. The van der Waals surface area contributed by atoms with E-state index in [1.165, 1.54) is 4.68 Å². The number of carbonyl (C=O) groups is 1. The molecule has 0 saturated heterocycles. The van der Waals surface area contributed by atoms with Gasteiger partial charge in [-0.05, 0) is 43.9 Å². The van der Waals surface area contributed by atoms with Crippen LogP contribution in [0.4, 0.5) is 0 Å². The average molecular weight is 333 g/mol. The molecule has 0 bridgehead atoms. The first-order valence-corrected chi connectivity index (χ1v) is 8.53. The summed E-state index contributed by atoms with van der Waals surface area (Å²) in [6, 6.07) is 16.4. The molecule has 1 heterocycles. The minimum Gasteiger partial charge on any atom is -0.348 e. The van der Waals surface area contributed by atoms with Crippen molar-refractivity contribution in [2.75, 3.05) is 0 Å². The van der Waals surface area contributed by atoms with Crippen LogP contribution in [-0.2, 0) is 0 Å². The van der Waals surface area contributed by atoms with E-state index in [2.05, 4.69) is 10.4 Å². The maximum absolute atomic E-state index is 12.8. The first-order chi connectivity index (χ1) is 12.1. The normalized spacial score (nSPS) is 15.1. The number of aromatic nitrogens is 2. The van der Waals surface area contributed by atoms with Gasteiger partial charge in [0.15, 0.2) is 5.69 Å². The molecule has 1 fully saturated rings. The predicted molar refractivity (Wildman–Crippen MR) is 97.0 cm³/mol. The first-order valence-electron chi connectivity index (χ1n) is 8.53. The average Bonchev–Trinajstić information content (AvgIpc) is 3.48. The van der Waals surface area contributed by atoms with Gasteiger partial charge in [0, 0.05) is 11.4 Å². The molecule has 1 aromatic heterocycles. The van der Waals surface area contributed by atoms with Crippen LogP contribution in [0.15, 0.2) is 59.4 Å². The molecule has 126 valence electrons. The topological polar surface area (TPSA) is 64.0 Å². The predicted octanol–water partition coefficient (Wildman–Crippen LogP) is 2.91. The molecule has 1 N–H and O–H groups in total. The Labute approximate surface area is 145 Å². The number of benzene rings is 2. The van der Waals surface area contributed by atoms with E-state index in [4.69, 9.17) is 0 Å². The number of nitrogens with one attached hydrogen (secondary N) is 1. The Balaban J connectivity index is 1.86. The summed E-state index contributed by atoms with van der Waals surface area (Å²) in [4.78, 5) is 25.6. The quantitative estimate of drug-likeness (QED) is 0.798. The van der Waals surface area contributed by atoms with Crippen LogP contribution < -0.4 is 10.9 Å². The van der Waals surface area contributed by atoms with E-state index in [0.29, 0.717) is 22.4 Å². The van der Waals surface area contributed by atoms with Crippen LogP contribution in [0, 0.1) is 5.92 Å². The first kappa shape index (κ1) is 15.6. The Morgan fingerprint density at radius 3 is 2.40 bits per heavy atom. The van der Waals surface area contributed by atoms with E-state index in [0.717, 1.165) is 12.8 Å². The van der Waals surface area contributed by atoms with Crippen LogP contribution in [0.2, 0.25) is 0 Å². The van der Waals surface area contributed by atoms with E-state index in [1.807, 2.05) is 31.2 Å². The standard InChI is InChI=1S/C20H19N3O2/c1-13(14-11-12-14)21-19(24)18-16-9-5-6-10-17(16)20(25)23(22-18)15-7-3-2-4-8-15/h2-10,13-14H,11-12H2,1H3,(H,21,24)/t13-/m1/s1. The maximum atomic E-state index is 12.8. The van der Waals surface area contributed by atoms with Crippen molar-refractivity contribution in [1.29, 1.82) is 0 Å². The molecule has 5 nitrogen and oxygen atoms in total. The van der Waals surface area contributed by atoms with Gasteiger partial charge in [-0.3, -0.25) is 9.59 Å². The van der Waals surface area contributed by atoms with Gasteiger partial charge in [0.05, 0.1) is 11.1 Å². The van der Waals surface area contributed by atoms with Crippen molar-refractivity contribution >= 4 is 16.7 Å². The van der Waals surface area contributed by atoms with Crippen LogP contribution in [0.1, 0.15) is 30.3 Å². The van der Waals surface area contributed by atoms with Gasteiger partial charge in [-0.1, -0.05) is 36.4 Å². The number of carbonyl (C=O) groups excluding carboxylic acids is 1. The molecule has 2 aromatic carbocycles. The number of hydrogen-bond donors (Lipinski definition) is 1. The zero-order valence-corrected chi connectivity index (χ0v) is 14.0. The number of rotatable bonds is 4. The third kappa shape index (κ3) is 2.93. The van der Waals surface area contributed by atoms with E-state index in [-0.39, 0.29) is 23.2 Å². The molecule has 1 atom stereocenters. The Hall–Kier alpha value is -2.95. The Kier molecular flexibility index (Phi) is 3.84. The number of hydrogen-bond acceptors (Lipinski definition) is 3. The summed E-state index contributed by atoms with van der Waals surface area (Å²) in [5.74, 6) is 0.315. The Bertz CT molecular complexity index is 991. The van der Waals surface area contributed by atoms with Crippen LogP contribution in [0.5, 0.6) is 0 Å². The van der Waals surface area contributed by atoms with E-state index < -0.39 is 0 Å². The lowest BCUT2D eigenvalue weighted by molar-refractivity contribution is 0.0931. The molecule has 0 spiro atoms. The molecule has 0 radical (unpaired) electrons. The smallest absolute Gasteiger partial charge is 0.279 e. The lowest BCUT2D eigenvalue weighted by Gasteiger charge is -2.15. The molecule has 0 unspecified atom stereocenters. The van der Waals surface area contributed by atoms with Crippen molar-refractivity contribution in [3.05, 3.63) is 70.6 Å². The molecule has 1 aliphatic rings. The Morgan fingerprint density at radius 1 is 1.08 bits per heavy atom. The summed E-state index contributed by atoms with van der Waals surface area (Å²) < 4.78 is 1.30. The van der Waals surface area contributed by atoms with Crippen LogP contribution in [0.3, 0.4) is 0 Å². The van der Waals surface area contributed by atoms with Gasteiger partial charge in [-0.2, -0.15) is 9.78 Å². The number of amides is 1. The lowest BCUT2D eigenvalue weighted by Crippen LogP contribution is -2.36. The van der Waals surface area contributed by atoms with Crippen molar-refractivity contribution in [2.45, 2.75) is 25.8 Å². The van der Waals surface area contributed by atoms with E-state index in [1.54, 1.807) is 30.3 Å². The van der Waals surface area contributed by atoms with Crippen LogP contribution in [0.25, 0.3) is 16.5 Å². The van der Waals surface area contributed by atoms with Crippen molar-refractivity contribution in [1.82, 2.24) is 15.1 Å². The summed E-state index contributed by atoms with van der Waals surface area (Å²) in [5.41, 5.74) is 0.697. The molecule has 4 rings (SSSR count). The van der Waals surface area contributed by atoms with Gasteiger partial charge in [-0.15, -0.1) is 0 Å². The van der Waals surface area contributed by atoms with Crippen molar-refractivity contribution in [3.8, 4) is 5.69 Å². The van der Waals surface area contributed by atoms with Gasteiger partial charge >= 0.3 is 0 Å². The van der Waals surface area contributed by atoms with Gasteiger partial charge in [-0.25, -0.2) is 0 Å². The van der Waals surface area contributed by atoms with Gasteiger partial charge < -0.3 is 5.32 Å². The third-order valence-electron chi connectivity index (χ3n) is 4.71. The summed E-state index contributed by atoms with van der Waals surface area (Å²) in [7, 11) is 0. The molecule has 1 amide bonds. The molecular formula is C20H19N3O2. The zero-order valence-electron chi connectivity index (χ0n) is 14.0. The maximum Gasteiger partial charge on any atom is 0.279 e. The Morgan fingerprint density at radius 2 is 1.72 bits per heavy atom. The SMILES string of the molecule is C[C@@H](NC(=O)c1nn(-c2ccccc2)c(=O)c2ccccc12)C1CC1. The second-order valence-electron chi connectivity index (χ2n) is 6.55. The monoisotopic (exact) mass is 333 g/mol. The number of nitrogens with zero attached hydrogens (tertiary/aromatic N) is 2. The van der Waals surface area contributed by atoms with Crippen LogP contribution >= 0.6 is 0 Å². The zero-order chi connectivity index (χ0) is 17.4. The highest BCUT2D eigenvalue weighted by molar-refractivity contribution is 6.05. The van der Waals surface area contributed by atoms with Gasteiger partial charge in [0.2, 0.25) is 0 Å². The fraction of sp³-hybridized carbons (Fsp3) is 0.250. The highest BCUT2D eigenvalue weighted by atomic mass is 16.2. The fourth-order valence-electron chi connectivity index (χ4n) is 3.09. The highest BCUT2D eigenvalue weighted by Gasteiger charge is 2.30. The van der Waals surface area contributed by atoms with Gasteiger partial charge in [0.25, 0.3) is 11.5 Å². The molecule has 1 aliphatic carbocycles. The van der Waals surface area contributed by atoms with Crippen LogP contribution in [-0.4, -0.2) is 21.7 Å². The van der Waals surface area contributed by atoms with E-state index >= 15 is 0 Å². The van der Waals surface area contributed by atoms with Crippen molar-refractivity contribution < 1.29 is 4.79 Å². The molecule has 0 aliphatic heterocycles. The summed E-state index contributed by atoms with van der Waals surface area (Å²) in [6.07, 6.45) is 2.30. The molecular weight excluding hydrogens is 314 g/mol. The minimum absolute atomic E-state index is 0.116. The molecule has 5 heteroatoms. The number of fused-ring (bicyclic) bond motifs is 1. The van der Waals surface area contributed by atoms with E-state index in [9.17, 15) is 9.59 Å². The molecule has 25 heavy (non-hydrogen) atoms. The van der Waals surface area contributed by atoms with Crippen molar-refractivity contribution in [3.63, 3.8) is 0 Å². The minimum atomic E-state index is -0.236. The summed E-state index contributed by atoms with van der Waals surface area (Å²) in [5, 5.41) is 8.50. The second kappa shape index (κ2) is 6.16. The fourth-order valence-corrected chi connectivity index (χ4v) is 3.09. The summed E-state index contributed by atoms with van der Waals surface area (Å²) >= 11 is 0. The molecule has 1 saturated carbocycles. The largest absolute Gasteiger partial charge is 0.348 e. The third-order valence-corrected chi connectivity index (χ3v) is 4.71. The lowest BCUT2D eigenvalue weighted by atomic mass is 10.1. The molecule has 3 aromatic rings. The summed E-state index contributed by atoms with van der Waals surface area (Å²) in [6.45, 7) is 2.02. The second-order valence-corrected chi connectivity index (χ2v) is 6.55.